The van der Waals surface area contributed by atoms with Gasteiger partial charge < -0.3 is 11.1 Å². The normalized spacial score (nSPS) is 12.2. The van der Waals surface area contributed by atoms with Crippen molar-refractivity contribution in [1.29, 1.82) is 0 Å². The molecule has 0 fully saturated rings. The van der Waals surface area contributed by atoms with Gasteiger partial charge in [-0.2, -0.15) is 0 Å². The number of carbonyl (C=O) groups is 1. The van der Waals surface area contributed by atoms with E-state index in [1.165, 1.54) is 6.92 Å². The van der Waals surface area contributed by atoms with Crippen molar-refractivity contribution in [2.75, 3.05) is 13.1 Å². The summed E-state index contributed by atoms with van der Waals surface area (Å²) in [7, 11) is 0. The van der Waals surface area contributed by atoms with Crippen molar-refractivity contribution in [2.24, 2.45) is 5.73 Å². The summed E-state index contributed by atoms with van der Waals surface area (Å²) in [6.45, 7) is 2.54. The summed E-state index contributed by atoms with van der Waals surface area (Å²) in [6, 6.07) is 6.59. The highest BCUT2D eigenvalue weighted by molar-refractivity contribution is 5.94. The van der Waals surface area contributed by atoms with Crippen LogP contribution in [0.4, 0.5) is 4.39 Å². The number of hydrogen-bond acceptors (Lipinski definition) is 2. The average Bonchev–Trinajstić information content (AvgIpc) is 2.29. The Morgan fingerprint density at radius 3 is 2.94 bits per heavy atom. The van der Waals surface area contributed by atoms with E-state index in [9.17, 15) is 9.18 Å². The lowest BCUT2D eigenvalue weighted by molar-refractivity contribution is 0.0953. The summed E-state index contributed by atoms with van der Waals surface area (Å²) in [4.78, 5) is 11.6. The third kappa shape index (κ3) is 3.62. The Bertz CT molecular complexity index is 353. The first-order valence-electron chi connectivity index (χ1n) is 5.37. The van der Waals surface area contributed by atoms with E-state index in [2.05, 4.69) is 5.32 Å². The Balaban J connectivity index is 2.64. The van der Waals surface area contributed by atoms with Gasteiger partial charge >= 0.3 is 0 Å². The Kier molecular flexibility index (Phi) is 4.92. The third-order valence-electron chi connectivity index (χ3n) is 2.27. The van der Waals surface area contributed by atoms with Crippen molar-refractivity contribution in [1.82, 2.24) is 5.32 Å². The van der Waals surface area contributed by atoms with E-state index < -0.39 is 6.17 Å². The van der Waals surface area contributed by atoms with Gasteiger partial charge in [0.1, 0.15) is 6.17 Å². The maximum Gasteiger partial charge on any atom is 0.251 e. The molecule has 0 aliphatic heterocycles. The summed E-state index contributed by atoms with van der Waals surface area (Å²) in [6.07, 6.45) is -0.318. The number of rotatable bonds is 5. The van der Waals surface area contributed by atoms with Crippen molar-refractivity contribution in [3.05, 3.63) is 35.4 Å². The highest BCUT2D eigenvalue weighted by atomic mass is 19.1. The van der Waals surface area contributed by atoms with Gasteiger partial charge in [0.05, 0.1) is 0 Å². The molecule has 1 unspecified atom stereocenters. The van der Waals surface area contributed by atoms with Gasteiger partial charge in [0, 0.05) is 12.1 Å². The maximum atomic E-state index is 13.0. The van der Waals surface area contributed by atoms with Gasteiger partial charge in [-0.15, -0.1) is 0 Å². The molecule has 16 heavy (non-hydrogen) atoms. The molecule has 88 valence electrons. The average molecular weight is 224 g/mol. The summed E-state index contributed by atoms with van der Waals surface area (Å²) < 4.78 is 13.0. The number of nitrogens with one attached hydrogen (secondary N) is 1. The Labute approximate surface area is 94.8 Å². The van der Waals surface area contributed by atoms with E-state index in [0.717, 1.165) is 6.42 Å². The Morgan fingerprint density at radius 1 is 1.56 bits per heavy atom. The fourth-order valence-corrected chi connectivity index (χ4v) is 1.33. The summed E-state index contributed by atoms with van der Waals surface area (Å²) in [5.74, 6) is -0.184. The third-order valence-corrected chi connectivity index (χ3v) is 2.27. The summed E-state index contributed by atoms with van der Waals surface area (Å²) in [5.41, 5.74) is 6.32. The molecule has 0 radical (unpaired) electrons. The van der Waals surface area contributed by atoms with Crippen LogP contribution in [-0.4, -0.2) is 19.0 Å². The second-order valence-corrected chi connectivity index (χ2v) is 3.64. The van der Waals surface area contributed by atoms with E-state index >= 15 is 0 Å². The zero-order chi connectivity index (χ0) is 12.0. The molecule has 0 spiro atoms. The molecule has 4 heteroatoms. The maximum absolute atomic E-state index is 13.0. The van der Waals surface area contributed by atoms with Crippen molar-refractivity contribution in [2.45, 2.75) is 19.5 Å². The zero-order valence-electron chi connectivity index (χ0n) is 9.37. The minimum Gasteiger partial charge on any atom is -0.352 e. The molecule has 0 bridgehead atoms. The fourth-order valence-electron chi connectivity index (χ4n) is 1.33. The quantitative estimate of drug-likeness (QED) is 0.749. The van der Waals surface area contributed by atoms with Crippen LogP contribution in [0, 0.1) is 0 Å². The topological polar surface area (TPSA) is 55.1 Å². The first kappa shape index (κ1) is 12.6. The molecular weight excluding hydrogens is 207 g/mol. The first-order valence-corrected chi connectivity index (χ1v) is 5.37. The zero-order valence-corrected chi connectivity index (χ0v) is 9.37. The van der Waals surface area contributed by atoms with Crippen LogP contribution in [-0.2, 0) is 0 Å². The van der Waals surface area contributed by atoms with E-state index in [-0.39, 0.29) is 5.91 Å². The lowest BCUT2D eigenvalue weighted by Gasteiger charge is -2.07. The van der Waals surface area contributed by atoms with E-state index in [1.54, 1.807) is 24.3 Å². The highest BCUT2D eigenvalue weighted by Crippen LogP contribution is 2.17. The van der Waals surface area contributed by atoms with Crippen LogP contribution >= 0.6 is 0 Å². The molecule has 0 heterocycles. The van der Waals surface area contributed by atoms with Crippen LogP contribution in [0.5, 0.6) is 0 Å². The van der Waals surface area contributed by atoms with Gasteiger partial charge in [-0.3, -0.25) is 4.79 Å². The highest BCUT2D eigenvalue weighted by Gasteiger charge is 2.08. The second-order valence-electron chi connectivity index (χ2n) is 3.64. The number of alkyl halides is 1. The lowest BCUT2D eigenvalue weighted by Crippen LogP contribution is -2.26. The molecule has 1 atom stereocenters. The first-order chi connectivity index (χ1) is 7.65. The van der Waals surface area contributed by atoms with Crippen molar-refractivity contribution in [3.63, 3.8) is 0 Å². The molecule has 1 amide bonds. The number of amides is 1. The molecule has 0 aromatic heterocycles. The number of carbonyl (C=O) groups excluding carboxylic acids is 1. The predicted molar refractivity (Wildman–Crippen MR) is 62.0 cm³/mol. The predicted octanol–water partition coefficient (Wildman–Crippen LogP) is 1.80. The number of benzene rings is 1. The molecule has 1 aromatic carbocycles. The minimum atomic E-state index is -1.06. The number of nitrogens with two attached hydrogens (primary N) is 1. The molecule has 0 aliphatic rings. The van der Waals surface area contributed by atoms with Gasteiger partial charge in [0.2, 0.25) is 0 Å². The van der Waals surface area contributed by atoms with Gasteiger partial charge in [0.25, 0.3) is 5.91 Å². The lowest BCUT2D eigenvalue weighted by atomic mass is 10.1. The molecule has 0 saturated carbocycles. The SMILES string of the molecule is CC(F)c1cccc(C(=O)NCCCN)c1. The van der Waals surface area contributed by atoms with Crippen LogP contribution in [0.3, 0.4) is 0 Å². The van der Waals surface area contributed by atoms with Crippen LogP contribution in [0.25, 0.3) is 0 Å². The standard InChI is InChI=1S/C12H17FN2O/c1-9(13)10-4-2-5-11(8-10)12(16)15-7-3-6-14/h2,4-5,8-9H,3,6-7,14H2,1H3,(H,15,16). The van der Waals surface area contributed by atoms with Crippen LogP contribution in [0.15, 0.2) is 24.3 Å². The number of hydrogen-bond donors (Lipinski definition) is 2. The molecular formula is C12H17FN2O. The Hall–Kier alpha value is -1.42. The van der Waals surface area contributed by atoms with E-state index in [4.69, 9.17) is 5.73 Å². The van der Waals surface area contributed by atoms with Gasteiger partial charge in [-0.05, 0) is 37.6 Å². The molecule has 0 aliphatic carbocycles. The fraction of sp³-hybridized carbons (Fsp3) is 0.417. The van der Waals surface area contributed by atoms with Gasteiger partial charge in [-0.25, -0.2) is 4.39 Å². The molecule has 0 saturated heterocycles. The smallest absolute Gasteiger partial charge is 0.251 e. The monoisotopic (exact) mass is 224 g/mol. The second kappa shape index (κ2) is 6.23. The molecule has 1 aromatic rings. The van der Waals surface area contributed by atoms with Crippen LogP contribution in [0.1, 0.15) is 35.4 Å². The minimum absolute atomic E-state index is 0.184. The number of halogens is 1. The molecule has 3 nitrogen and oxygen atoms in total. The van der Waals surface area contributed by atoms with Crippen molar-refractivity contribution >= 4 is 5.91 Å². The van der Waals surface area contributed by atoms with E-state index in [1.807, 2.05) is 0 Å². The molecule has 3 N–H and O–H groups in total. The van der Waals surface area contributed by atoms with E-state index in [0.29, 0.717) is 24.2 Å². The Morgan fingerprint density at radius 2 is 2.31 bits per heavy atom. The summed E-state index contributed by atoms with van der Waals surface area (Å²) in [5, 5.41) is 2.72. The largest absolute Gasteiger partial charge is 0.352 e. The summed E-state index contributed by atoms with van der Waals surface area (Å²) >= 11 is 0. The molecule has 1 rings (SSSR count). The van der Waals surface area contributed by atoms with Gasteiger partial charge in [0.15, 0.2) is 0 Å². The van der Waals surface area contributed by atoms with Crippen molar-refractivity contribution in [3.8, 4) is 0 Å². The van der Waals surface area contributed by atoms with Crippen molar-refractivity contribution < 1.29 is 9.18 Å². The van der Waals surface area contributed by atoms with Crippen LogP contribution < -0.4 is 11.1 Å². The van der Waals surface area contributed by atoms with Crippen LogP contribution in [0.2, 0.25) is 0 Å². The van der Waals surface area contributed by atoms with Gasteiger partial charge in [-0.1, -0.05) is 12.1 Å².